The molecule has 2 aliphatic heterocycles. The molecule has 3 unspecified atom stereocenters. The smallest absolute Gasteiger partial charge is 0.227 e. The van der Waals surface area contributed by atoms with Crippen LogP contribution in [-0.2, 0) is 10.2 Å². The van der Waals surface area contributed by atoms with E-state index in [2.05, 4.69) is 52.9 Å². The van der Waals surface area contributed by atoms with Gasteiger partial charge in [-0.1, -0.05) is 27.2 Å². The average molecular weight is 342 g/mol. The number of fused-ring (bicyclic) bond motifs is 1. The van der Waals surface area contributed by atoms with E-state index in [1.807, 2.05) is 0 Å². The molecule has 1 saturated carbocycles. The third kappa shape index (κ3) is 3.25. The van der Waals surface area contributed by atoms with Crippen LogP contribution in [0.25, 0.3) is 0 Å². The van der Waals surface area contributed by atoms with E-state index in [4.69, 9.17) is 0 Å². The largest absolute Gasteiger partial charge is 0.354 e. The summed E-state index contributed by atoms with van der Waals surface area (Å²) in [4.78, 5) is 17.3. The maximum atomic E-state index is 12.9. The van der Waals surface area contributed by atoms with E-state index >= 15 is 0 Å². The van der Waals surface area contributed by atoms with Crippen molar-refractivity contribution in [2.75, 3.05) is 31.1 Å². The molecular formula is C20H30N4O. The molecule has 3 aliphatic rings. The number of carbonyl (C=O) groups excluding carboxylic acids is 1. The zero-order valence-electron chi connectivity index (χ0n) is 15.7. The van der Waals surface area contributed by atoms with Crippen molar-refractivity contribution < 1.29 is 4.79 Å². The molecule has 1 aromatic heterocycles. The Labute approximate surface area is 150 Å². The van der Waals surface area contributed by atoms with E-state index in [-0.39, 0.29) is 11.3 Å². The molecule has 1 aromatic rings. The second-order valence-corrected chi connectivity index (χ2v) is 9.15. The molecule has 136 valence electrons. The number of aromatic nitrogens is 2. The lowest BCUT2D eigenvalue weighted by Gasteiger charge is -2.22. The number of hydrogen-bond acceptors (Lipinski definition) is 4. The zero-order chi connectivity index (χ0) is 17.6. The van der Waals surface area contributed by atoms with Crippen LogP contribution < -0.4 is 4.90 Å². The molecule has 5 heteroatoms. The van der Waals surface area contributed by atoms with Crippen molar-refractivity contribution >= 4 is 11.7 Å². The van der Waals surface area contributed by atoms with Gasteiger partial charge in [-0.2, -0.15) is 5.10 Å². The van der Waals surface area contributed by atoms with E-state index in [1.54, 1.807) is 0 Å². The number of hydrogen-bond donors (Lipinski definition) is 0. The summed E-state index contributed by atoms with van der Waals surface area (Å²) in [6.07, 6.45) is 4.94. The van der Waals surface area contributed by atoms with Gasteiger partial charge in [0, 0.05) is 31.6 Å². The summed E-state index contributed by atoms with van der Waals surface area (Å²) < 4.78 is 0. The Morgan fingerprint density at radius 1 is 1.04 bits per heavy atom. The fourth-order valence-electron chi connectivity index (χ4n) is 4.74. The standard InChI is InChI=1S/C20H30N4O/c1-20(2,3)17-7-8-18(22-21-17)23-10-9-16(13-23)19(25)24-11-14-5-4-6-15(14)12-24/h7-8,14-16H,4-6,9-13H2,1-3H3. The van der Waals surface area contributed by atoms with Gasteiger partial charge in [0.25, 0.3) is 0 Å². The van der Waals surface area contributed by atoms with Gasteiger partial charge in [0.2, 0.25) is 5.91 Å². The number of amides is 1. The van der Waals surface area contributed by atoms with Gasteiger partial charge < -0.3 is 9.80 Å². The van der Waals surface area contributed by atoms with Crippen molar-refractivity contribution in [3.8, 4) is 0 Å². The summed E-state index contributed by atoms with van der Waals surface area (Å²) in [7, 11) is 0. The minimum atomic E-state index is 0.0167. The third-order valence-corrected chi connectivity index (χ3v) is 6.32. The molecule has 0 N–H and O–H groups in total. The average Bonchev–Trinajstić information content (AvgIpc) is 3.29. The van der Waals surface area contributed by atoms with Gasteiger partial charge in [0.1, 0.15) is 0 Å². The molecule has 3 heterocycles. The Balaban J connectivity index is 1.37. The molecule has 0 aromatic carbocycles. The van der Waals surface area contributed by atoms with Crippen molar-refractivity contribution in [1.29, 1.82) is 0 Å². The van der Waals surface area contributed by atoms with Gasteiger partial charge in [-0.05, 0) is 43.2 Å². The first-order valence-electron chi connectivity index (χ1n) is 9.80. The van der Waals surface area contributed by atoms with Crippen LogP contribution >= 0.6 is 0 Å². The van der Waals surface area contributed by atoms with E-state index < -0.39 is 0 Å². The number of carbonyl (C=O) groups is 1. The summed E-state index contributed by atoms with van der Waals surface area (Å²) in [6, 6.07) is 4.12. The van der Waals surface area contributed by atoms with E-state index in [0.29, 0.717) is 5.91 Å². The molecule has 3 atom stereocenters. The molecule has 1 amide bonds. The Hall–Kier alpha value is -1.65. The number of nitrogens with zero attached hydrogens (tertiary/aromatic N) is 4. The van der Waals surface area contributed by atoms with Crippen LogP contribution in [-0.4, -0.2) is 47.2 Å². The van der Waals surface area contributed by atoms with Gasteiger partial charge in [0.05, 0.1) is 11.6 Å². The fraction of sp³-hybridized carbons (Fsp3) is 0.750. The van der Waals surface area contributed by atoms with E-state index in [0.717, 1.165) is 55.9 Å². The van der Waals surface area contributed by atoms with Crippen LogP contribution in [0, 0.1) is 17.8 Å². The SMILES string of the molecule is CC(C)(C)c1ccc(N2CCC(C(=O)N3CC4CCCC4C3)C2)nn1. The number of rotatable bonds is 2. The first-order valence-corrected chi connectivity index (χ1v) is 9.80. The van der Waals surface area contributed by atoms with E-state index in [1.165, 1.54) is 19.3 Å². The van der Waals surface area contributed by atoms with Crippen molar-refractivity contribution in [2.24, 2.45) is 17.8 Å². The van der Waals surface area contributed by atoms with Crippen LogP contribution in [0.3, 0.4) is 0 Å². The maximum Gasteiger partial charge on any atom is 0.227 e. The zero-order valence-corrected chi connectivity index (χ0v) is 15.7. The van der Waals surface area contributed by atoms with Crippen molar-refractivity contribution in [2.45, 2.75) is 51.9 Å². The first kappa shape index (κ1) is 16.8. The molecule has 0 spiro atoms. The van der Waals surface area contributed by atoms with Crippen LogP contribution in [0.5, 0.6) is 0 Å². The molecular weight excluding hydrogens is 312 g/mol. The molecule has 3 fully saturated rings. The van der Waals surface area contributed by atoms with Crippen molar-refractivity contribution in [3.05, 3.63) is 17.8 Å². The van der Waals surface area contributed by atoms with Crippen LogP contribution in [0.4, 0.5) is 5.82 Å². The van der Waals surface area contributed by atoms with Crippen LogP contribution in [0.2, 0.25) is 0 Å². The third-order valence-electron chi connectivity index (χ3n) is 6.32. The highest BCUT2D eigenvalue weighted by molar-refractivity contribution is 5.80. The molecule has 2 saturated heterocycles. The summed E-state index contributed by atoms with van der Waals surface area (Å²) in [5.41, 5.74) is 1.02. The second kappa shape index (κ2) is 6.26. The first-order chi connectivity index (χ1) is 11.9. The van der Waals surface area contributed by atoms with E-state index in [9.17, 15) is 4.79 Å². The highest BCUT2D eigenvalue weighted by Gasteiger charge is 2.41. The summed E-state index contributed by atoms with van der Waals surface area (Å²) in [6.45, 7) is 10.1. The Bertz CT molecular complexity index is 624. The Morgan fingerprint density at radius 2 is 1.76 bits per heavy atom. The minimum absolute atomic E-state index is 0.0167. The van der Waals surface area contributed by atoms with Gasteiger partial charge in [-0.3, -0.25) is 4.79 Å². The number of anilines is 1. The highest BCUT2D eigenvalue weighted by atomic mass is 16.2. The van der Waals surface area contributed by atoms with Crippen molar-refractivity contribution in [3.63, 3.8) is 0 Å². The maximum absolute atomic E-state index is 12.9. The van der Waals surface area contributed by atoms with Gasteiger partial charge in [-0.15, -0.1) is 5.10 Å². The summed E-state index contributed by atoms with van der Waals surface area (Å²) in [5, 5.41) is 8.81. The topological polar surface area (TPSA) is 49.3 Å². The molecule has 0 radical (unpaired) electrons. The summed E-state index contributed by atoms with van der Waals surface area (Å²) >= 11 is 0. The second-order valence-electron chi connectivity index (χ2n) is 9.15. The quantitative estimate of drug-likeness (QED) is 0.829. The Morgan fingerprint density at radius 3 is 2.36 bits per heavy atom. The Kier molecular flexibility index (Phi) is 4.20. The predicted octanol–water partition coefficient (Wildman–Crippen LogP) is 2.86. The molecule has 5 nitrogen and oxygen atoms in total. The summed E-state index contributed by atoms with van der Waals surface area (Å²) in [5.74, 6) is 2.95. The van der Waals surface area contributed by atoms with Gasteiger partial charge >= 0.3 is 0 Å². The molecule has 1 aliphatic carbocycles. The molecule has 0 bridgehead atoms. The van der Waals surface area contributed by atoms with Crippen LogP contribution in [0.15, 0.2) is 12.1 Å². The molecule has 25 heavy (non-hydrogen) atoms. The lowest BCUT2D eigenvalue weighted by atomic mass is 9.92. The number of likely N-dealkylation sites (tertiary alicyclic amines) is 1. The highest BCUT2D eigenvalue weighted by Crippen LogP contribution is 2.38. The predicted molar refractivity (Wildman–Crippen MR) is 98.5 cm³/mol. The van der Waals surface area contributed by atoms with Crippen molar-refractivity contribution in [1.82, 2.24) is 15.1 Å². The molecule has 4 rings (SSSR count). The lowest BCUT2D eigenvalue weighted by Crippen LogP contribution is -2.36. The normalized spacial score (nSPS) is 29.3. The fourth-order valence-corrected chi connectivity index (χ4v) is 4.74. The minimum Gasteiger partial charge on any atom is -0.354 e. The monoisotopic (exact) mass is 342 g/mol. The van der Waals surface area contributed by atoms with Gasteiger partial charge in [0.15, 0.2) is 5.82 Å². The van der Waals surface area contributed by atoms with Gasteiger partial charge in [-0.25, -0.2) is 0 Å². The van der Waals surface area contributed by atoms with Crippen LogP contribution in [0.1, 0.15) is 52.1 Å². The lowest BCUT2D eigenvalue weighted by molar-refractivity contribution is -0.134.